The molecule has 134 valence electrons. The predicted octanol–water partition coefficient (Wildman–Crippen LogP) is 5.69. The van der Waals surface area contributed by atoms with Crippen molar-refractivity contribution < 1.29 is 9.53 Å². The number of hydrogen-bond acceptors (Lipinski definition) is 3. The third kappa shape index (κ3) is 5.82. The van der Waals surface area contributed by atoms with Crippen molar-refractivity contribution in [3.63, 3.8) is 0 Å². The van der Waals surface area contributed by atoms with Gasteiger partial charge in [-0.25, -0.2) is 4.79 Å². The molecular weight excluding hydrogens is 312 g/mol. The van der Waals surface area contributed by atoms with Crippen molar-refractivity contribution in [2.45, 2.75) is 46.6 Å². The van der Waals surface area contributed by atoms with Crippen LogP contribution in [-0.4, -0.2) is 12.7 Å². The number of carbonyl (C=O) groups excluding carboxylic acids is 1. The van der Waals surface area contributed by atoms with Crippen LogP contribution in [0.2, 0.25) is 0 Å². The van der Waals surface area contributed by atoms with Crippen LogP contribution in [0.4, 0.5) is 16.2 Å². The Morgan fingerprint density at radius 3 is 2.44 bits per heavy atom. The van der Waals surface area contributed by atoms with Crippen molar-refractivity contribution in [2.24, 2.45) is 0 Å². The highest BCUT2D eigenvalue weighted by Crippen LogP contribution is 2.21. The fourth-order valence-corrected chi connectivity index (χ4v) is 2.48. The molecule has 0 fully saturated rings. The molecule has 1 amide bonds. The average molecular weight is 340 g/mol. The number of carbonyl (C=O) groups is 1. The minimum absolute atomic E-state index is 0.407. The molecule has 0 aliphatic rings. The summed E-state index contributed by atoms with van der Waals surface area (Å²) in [4.78, 5) is 11.6. The van der Waals surface area contributed by atoms with E-state index in [4.69, 9.17) is 4.74 Å². The summed E-state index contributed by atoms with van der Waals surface area (Å²) in [5, 5.41) is 6.20. The Hall–Kier alpha value is -2.49. The van der Waals surface area contributed by atoms with Crippen molar-refractivity contribution in [2.75, 3.05) is 17.2 Å². The zero-order chi connectivity index (χ0) is 18.2. The minimum atomic E-state index is -0.407. The Labute approximate surface area is 150 Å². The second-order valence-electron chi connectivity index (χ2n) is 6.54. The van der Waals surface area contributed by atoms with Crippen LogP contribution in [0.5, 0.6) is 0 Å². The zero-order valence-corrected chi connectivity index (χ0v) is 15.6. The minimum Gasteiger partial charge on any atom is -0.449 e. The van der Waals surface area contributed by atoms with Crippen molar-refractivity contribution in [1.29, 1.82) is 0 Å². The van der Waals surface area contributed by atoms with Gasteiger partial charge in [0.05, 0.1) is 6.61 Å². The van der Waals surface area contributed by atoms with E-state index >= 15 is 0 Å². The van der Waals surface area contributed by atoms with E-state index in [1.807, 2.05) is 32.0 Å². The lowest BCUT2D eigenvalue weighted by molar-refractivity contribution is 0.161. The van der Waals surface area contributed by atoms with Gasteiger partial charge in [-0.05, 0) is 54.2 Å². The third-order valence-corrected chi connectivity index (χ3v) is 4.04. The van der Waals surface area contributed by atoms with Gasteiger partial charge in [-0.3, -0.25) is 5.32 Å². The Bertz CT molecular complexity index is 694. The maximum atomic E-state index is 11.6. The molecule has 0 aliphatic heterocycles. The van der Waals surface area contributed by atoms with E-state index < -0.39 is 6.09 Å². The highest BCUT2D eigenvalue weighted by atomic mass is 16.5. The van der Waals surface area contributed by atoms with Crippen molar-refractivity contribution in [1.82, 2.24) is 0 Å². The lowest BCUT2D eigenvalue weighted by Crippen LogP contribution is -2.14. The largest absolute Gasteiger partial charge is 0.449 e. The molecule has 2 aromatic carbocycles. The highest BCUT2D eigenvalue weighted by molar-refractivity contribution is 5.86. The van der Waals surface area contributed by atoms with E-state index in [-0.39, 0.29) is 0 Å². The van der Waals surface area contributed by atoms with Gasteiger partial charge in [0.25, 0.3) is 0 Å². The Balaban J connectivity index is 1.92. The molecule has 0 spiro atoms. The number of amides is 1. The summed E-state index contributed by atoms with van der Waals surface area (Å²) in [6.45, 7) is 9.53. The predicted molar refractivity (Wildman–Crippen MR) is 104 cm³/mol. The van der Waals surface area contributed by atoms with Crippen molar-refractivity contribution in [3.05, 3.63) is 59.2 Å². The first-order valence-corrected chi connectivity index (χ1v) is 8.86. The molecular formula is C21H28N2O2. The standard InChI is InChI=1S/C21H28N2O2/c1-5-12-25-21(24)23-20-11-10-19(13-16(20)4)22-14-17-6-8-18(9-7-17)15(2)3/h6-11,13,15,22H,5,12,14H2,1-4H3,(H,23,24). The monoisotopic (exact) mass is 340 g/mol. The normalized spacial score (nSPS) is 10.6. The van der Waals surface area contributed by atoms with Crippen LogP contribution in [0.1, 0.15) is 49.8 Å². The van der Waals surface area contributed by atoms with Crippen LogP contribution in [0.3, 0.4) is 0 Å². The second kappa shape index (κ2) is 9.11. The molecule has 2 aromatic rings. The lowest BCUT2D eigenvalue weighted by atomic mass is 10.0. The summed E-state index contributed by atoms with van der Waals surface area (Å²) in [6, 6.07) is 14.6. The molecule has 0 saturated carbocycles. The first kappa shape index (κ1) is 18.8. The summed E-state index contributed by atoms with van der Waals surface area (Å²) < 4.78 is 5.05. The van der Waals surface area contributed by atoms with Gasteiger partial charge in [0.1, 0.15) is 0 Å². The zero-order valence-electron chi connectivity index (χ0n) is 15.6. The molecule has 0 bridgehead atoms. The molecule has 0 atom stereocenters. The Kier molecular flexibility index (Phi) is 6.87. The molecule has 0 radical (unpaired) electrons. The highest BCUT2D eigenvalue weighted by Gasteiger charge is 2.06. The van der Waals surface area contributed by atoms with Gasteiger partial charge in [0.2, 0.25) is 0 Å². The number of benzene rings is 2. The smallest absolute Gasteiger partial charge is 0.411 e. The molecule has 0 heterocycles. The molecule has 25 heavy (non-hydrogen) atoms. The van der Waals surface area contributed by atoms with Gasteiger partial charge in [0.15, 0.2) is 0 Å². The fraction of sp³-hybridized carbons (Fsp3) is 0.381. The number of aryl methyl sites for hydroxylation is 1. The number of rotatable bonds is 7. The fourth-order valence-electron chi connectivity index (χ4n) is 2.48. The van der Waals surface area contributed by atoms with E-state index in [2.05, 4.69) is 48.7 Å². The molecule has 2 rings (SSSR count). The van der Waals surface area contributed by atoms with Crippen LogP contribution in [0, 0.1) is 6.92 Å². The van der Waals surface area contributed by atoms with Crippen LogP contribution in [0.15, 0.2) is 42.5 Å². The van der Waals surface area contributed by atoms with E-state index in [1.54, 1.807) is 0 Å². The quantitative estimate of drug-likeness (QED) is 0.681. The van der Waals surface area contributed by atoms with Gasteiger partial charge in [0, 0.05) is 17.9 Å². The average Bonchev–Trinajstić information content (AvgIpc) is 2.60. The van der Waals surface area contributed by atoms with Crippen molar-refractivity contribution in [3.8, 4) is 0 Å². The van der Waals surface area contributed by atoms with Crippen molar-refractivity contribution >= 4 is 17.5 Å². The van der Waals surface area contributed by atoms with Crippen LogP contribution < -0.4 is 10.6 Å². The molecule has 2 N–H and O–H groups in total. The first-order valence-electron chi connectivity index (χ1n) is 8.86. The number of hydrogen-bond donors (Lipinski definition) is 2. The maximum Gasteiger partial charge on any atom is 0.411 e. The van der Waals surface area contributed by atoms with Crippen LogP contribution in [0.25, 0.3) is 0 Å². The number of anilines is 2. The summed E-state index contributed by atoms with van der Waals surface area (Å²) in [5.74, 6) is 0.550. The third-order valence-electron chi connectivity index (χ3n) is 4.04. The molecule has 0 saturated heterocycles. The second-order valence-corrected chi connectivity index (χ2v) is 6.54. The van der Waals surface area contributed by atoms with E-state index in [1.165, 1.54) is 11.1 Å². The number of ether oxygens (including phenoxy) is 1. The van der Waals surface area contributed by atoms with Gasteiger partial charge >= 0.3 is 6.09 Å². The topological polar surface area (TPSA) is 50.4 Å². The summed E-state index contributed by atoms with van der Waals surface area (Å²) in [7, 11) is 0. The molecule has 4 heteroatoms. The molecule has 0 aromatic heterocycles. The van der Waals surface area contributed by atoms with E-state index in [0.717, 1.165) is 29.9 Å². The summed E-state index contributed by atoms with van der Waals surface area (Å²) in [5.41, 5.74) is 5.39. The van der Waals surface area contributed by atoms with Gasteiger partial charge in [-0.15, -0.1) is 0 Å². The maximum absolute atomic E-state index is 11.6. The van der Waals surface area contributed by atoms with Gasteiger partial charge in [-0.2, -0.15) is 0 Å². The molecule has 0 aliphatic carbocycles. The Morgan fingerprint density at radius 1 is 1.12 bits per heavy atom. The van der Waals surface area contributed by atoms with Gasteiger partial charge < -0.3 is 10.1 Å². The van der Waals surface area contributed by atoms with Crippen LogP contribution >= 0.6 is 0 Å². The van der Waals surface area contributed by atoms with Gasteiger partial charge in [-0.1, -0.05) is 45.0 Å². The molecule has 4 nitrogen and oxygen atoms in total. The molecule has 0 unspecified atom stereocenters. The van der Waals surface area contributed by atoms with E-state index in [9.17, 15) is 4.79 Å². The summed E-state index contributed by atoms with van der Waals surface area (Å²) >= 11 is 0. The lowest BCUT2D eigenvalue weighted by Gasteiger charge is -2.12. The van der Waals surface area contributed by atoms with Crippen LogP contribution in [-0.2, 0) is 11.3 Å². The Morgan fingerprint density at radius 2 is 1.84 bits per heavy atom. The SMILES string of the molecule is CCCOC(=O)Nc1ccc(NCc2ccc(C(C)C)cc2)cc1C. The first-order chi connectivity index (χ1) is 12.0. The summed E-state index contributed by atoms with van der Waals surface area (Å²) in [6.07, 6.45) is 0.406. The van der Waals surface area contributed by atoms with E-state index in [0.29, 0.717) is 12.5 Å². The number of nitrogens with one attached hydrogen (secondary N) is 2.